The second kappa shape index (κ2) is 15.8. The first-order valence-electron chi connectivity index (χ1n) is 19.5. The Morgan fingerprint density at radius 3 is 2.52 bits per heavy atom. The fraction of sp³-hybridized carbons (Fsp3) is 0.641. The standard InChI is InChI=1S/C39H51F3N6O9S/c1-7-23-16-22(2)10-8-9-11-24-19-38(24,34(51)47-58(53,54)37(5)14-15-37)45-32(49)29-18-26(56-30-20-43-46-28-17-25(55-6)12-13-27(28)30)21-48(29)33(50)31(23)44-35(52)57-36(3,4)39(40,41)42/h9,11-13,17,20,22-24,26,29,31H,7-8,10,14-16,18-19,21H2,1-6H3,(H,44,52)(H,45,49)(H,47,51)/b11-9-/t22-,23-,24?,26-,29+,31+,38-/m1/s1. The number of fused-ring (bicyclic) bond motifs is 3. The Labute approximate surface area is 335 Å². The van der Waals surface area contributed by atoms with Gasteiger partial charge in [-0.05, 0) is 83.3 Å². The molecule has 3 heterocycles. The van der Waals surface area contributed by atoms with Crippen LogP contribution in [0.2, 0.25) is 0 Å². The second-order valence-corrected chi connectivity index (χ2v) is 19.0. The first-order valence-corrected chi connectivity index (χ1v) is 21.0. The Bertz CT molecular complexity index is 2080. The van der Waals surface area contributed by atoms with Gasteiger partial charge in [-0.15, -0.1) is 0 Å². The van der Waals surface area contributed by atoms with Crippen LogP contribution >= 0.6 is 0 Å². The van der Waals surface area contributed by atoms with Crippen molar-refractivity contribution >= 4 is 44.7 Å². The predicted octanol–water partition coefficient (Wildman–Crippen LogP) is 4.70. The molecule has 1 unspecified atom stereocenters. The van der Waals surface area contributed by atoms with Gasteiger partial charge in [-0.2, -0.15) is 23.4 Å². The predicted molar refractivity (Wildman–Crippen MR) is 204 cm³/mol. The lowest BCUT2D eigenvalue weighted by atomic mass is 9.85. The summed E-state index contributed by atoms with van der Waals surface area (Å²) >= 11 is 0. The number of hydrogen-bond acceptors (Lipinski definition) is 11. The van der Waals surface area contributed by atoms with Crippen molar-refractivity contribution in [2.75, 3.05) is 13.7 Å². The first-order chi connectivity index (χ1) is 27.1. The largest absolute Gasteiger partial charge is 0.497 e. The number of sulfonamides is 1. The maximum absolute atomic E-state index is 14.9. The molecule has 2 saturated carbocycles. The van der Waals surface area contributed by atoms with Crippen LogP contribution in [-0.4, -0.2) is 101 Å². The van der Waals surface area contributed by atoms with Crippen LogP contribution in [0, 0.1) is 17.8 Å². The Morgan fingerprint density at radius 2 is 1.86 bits per heavy atom. The summed E-state index contributed by atoms with van der Waals surface area (Å²) in [6.45, 7) is 6.47. The number of nitrogens with one attached hydrogen (secondary N) is 3. The molecule has 0 radical (unpaired) electrons. The summed E-state index contributed by atoms with van der Waals surface area (Å²) < 4.78 is 85.3. The van der Waals surface area contributed by atoms with Crippen LogP contribution in [0.15, 0.2) is 36.5 Å². The van der Waals surface area contributed by atoms with Gasteiger partial charge < -0.3 is 29.7 Å². The van der Waals surface area contributed by atoms with Crippen LogP contribution in [0.3, 0.4) is 0 Å². The molecule has 0 spiro atoms. The van der Waals surface area contributed by atoms with E-state index in [9.17, 15) is 40.8 Å². The highest BCUT2D eigenvalue weighted by Crippen LogP contribution is 2.48. The summed E-state index contributed by atoms with van der Waals surface area (Å²) in [6, 6.07) is 2.32. The Balaban J connectivity index is 1.37. The molecule has 3 fully saturated rings. The normalized spacial score (nSPS) is 29.4. The number of hydrogen-bond donors (Lipinski definition) is 3. The number of rotatable bonds is 9. The van der Waals surface area contributed by atoms with Gasteiger partial charge in [-0.3, -0.25) is 19.1 Å². The summed E-state index contributed by atoms with van der Waals surface area (Å²) in [5.41, 5.74) is -4.09. The molecule has 15 nitrogen and oxygen atoms in total. The van der Waals surface area contributed by atoms with E-state index in [0.29, 0.717) is 69.0 Å². The van der Waals surface area contributed by atoms with Gasteiger partial charge in [-0.25, -0.2) is 13.2 Å². The van der Waals surface area contributed by atoms with Crippen molar-refractivity contribution in [1.29, 1.82) is 0 Å². The van der Waals surface area contributed by atoms with Crippen molar-refractivity contribution < 1.29 is 55.0 Å². The van der Waals surface area contributed by atoms with Crippen LogP contribution in [-0.2, 0) is 29.1 Å². The van der Waals surface area contributed by atoms with Crippen LogP contribution in [0.1, 0.15) is 86.0 Å². The third-order valence-electron chi connectivity index (χ3n) is 12.0. The number of carbonyl (C=O) groups excluding carboxylic acids is 4. The second-order valence-electron chi connectivity index (χ2n) is 16.8. The molecule has 4 aliphatic rings. The summed E-state index contributed by atoms with van der Waals surface area (Å²) in [5.74, 6) is -2.81. The number of nitrogens with zero attached hydrogens (tertiary/aromatic N) is 3. The third-order valence-corrected chi connectivity index (χ3v) is 14.2. The topological polar surface area (TPSA) is 195 Å². The zero-order valence-corrected chi connectivity index (χ0v) is 34.2. The van der Waals surface area contributed by atoms with Gasteiger partial charge in [0, 0.05) is 23.8 Å². The average molecular weight is 837 g/mol. The molecule has 2 aliphatic carbocycles. The lowest BCUT2D eigenvalue weighted by molar-refractivity contribution is -0.244. The van der Waals surface area contributed by atoms with E-state index in [-0.39, 0.29) is 31.1 Å². The molecule has 1 saturated heterocycles. The molecule has 6 rings (SSSR count). The number of alkyl halides is 3. The lowest BCUT2D eigenvalue weighted by Gasteiger charge is -2.35. The number of ether oxygens (including phenoxy) is 3. The number of allylic oxidation sites excluding steroid dienone is 1. The van der Waals surface area contributed by atoms with E-state index in [0.717, 1.165) is 0 Å². The molecule has 4 amide bonds. The number of halogens is 3. The van der Waals surface area contributed by atoms with Crippen molar-refractivity contribution in [2.45, 2.75) is 126 Å². The van der Waals surface area contributed by atoms with E-state index < -0.39 is 85.9 Å². The van der Waals surface area contributed by atoms with E-state index >= 15 is 0 Å². The fourth-order valence-corrected chi connectivity index (χ4v) is 8.99. The first kappa shape index (κ1) is 42.9. The lowest BCUT2D eigenvalue weighted by Crippen LogP contribution is -2.60. The minimum Gasteiger partial charge on any atom is -0.497 e. The summed E-state index contributed by atoms with van der Waals surface area (Å²) in [5, 5.41) is 14.0. The van der Waals surface area contributed by atoms with E-state index in [1.165, 1.54) is 25.1 Å². The van der Waals surface area contributed by atoms with Gasteiger partial charge in [0.2, 0.25) is 27.4 Å². The maximum atomic E-state index is 14.9. The molecule has 0 bridgehead atoms. The van der Waals surface area contributed by atoms with Crippen LogP contribution in [0.5, 0.6) is 11.5 Å². The Morgan fingerprint density at radius 1 is 1.14 bits per heavy atom. The quantitative estimate of drug-likeness (QED) is 0.297. The molecule has 58 heavy (non-hydrogen) atoms. The molecule has 3 N–H and O–H groups in total. The molecule has 1 aromatic carbocycles. The number of aromatic nitrogens is 2. The molecule has 19 heteroatoms. The van der Waals surface area contributed by atoms with Crippen molar-refractivity contribution in [3.05, 3.63) is 36.5 Å². The van der Waals surface area contributed by atoms with Crippen molar-refractivity contribution in [1.82, 2.24) is 30.5 Å². The highest BCUT2D eigenvalue weighted by Gasteiger charge is 2.63. The number of methoxy groups -OCH3 is 1. The number of alkyl carbamates (subject to hydrolysis) is 1. The van der Waals surface area contributed by atoms with Crippen molar-refractivity contribution in [2.24, 2.45) is 17.8 Å². The van der Waals surface area contributed by atoms with Crippen LogP contribution in [0.4, 0.5) is 18.0 Å². The monoisotopic (exact) mass is 836 g/mol. The maximum Gasteiger partial charge on any atom is 0.427 e. The number of carbonyl (C=O) groups is 4. The summed E-state index contributed by atoms with van der Waals surface area (Å²) in [7, 11) is -2.58. The molecular weight excluding hydrogens is 786 g/mol. The van der Waals surface area contributed by atoms with Crippen molar-refractivity contribution in [3.8, 4) is 11.5 Å². The van der Waals surface area contributed by atoms with Gasteiger partial charge in [0.25, 0.3) is 5.91 Å². The van der Waals surface area contributed by atoms with E-state index in [2.05, 4.69) is 25.6 Å². The SMILES string of the molecule is CC[C@@H]1C[C@H](C)CC/C=C\C2C[C@@]2(C(=O)NS(=O)(=O)C2(C)CC2)NC(=O)[C@@H]2C[C@@H](Oc3cnnc4cc(OC)ccc34)CN2C(=O)[C@H]1NC(=O)OC(C)(C)C(F)(F)F. The number of amides is 4. The smallest absolute Gasteiger partial charge is 0.427 e. The minimum absolute atomic E-state index is 0.0348. The van der Waals surface area contributed by atoms with Crippen molar-refractivity contribution in [3.63, 3.8) is 0 Å². The Hall–Kier alpha value is -4.68. The van der Waals surface area contributed by atoms with Gasteiger partial charge in [0.15, 0.2) is 0 Å². The minimum atomic E-state index is -4.92. The molecular formula is C39H51F3N6O9S. The molecule has 2 aromatic rings. The summed E-state index contributed by atoms with van der Waals surface area (Å²) in [4.78, 5) is 57.7. The number of benzene rings is 1. The van der Waals surface area contributed by atoms with E-state index in [1.807, 2.05) is 13.0 Å². The van der Waals surface area contributed by atoms with Gasteiger partial charge >= 0.3 is 12.3 Å². The average Bonchev–Trinajstić information content (AvgIpc) is 4.03. The molecule has 1 aromatic heterocycles. The molecule has 2 aliphatic heterocycles. The highest BCUT2D eigenvalue weighted by atomic mass is 32.2. The van der Waals surface area contributed by atoms with Gasteiger partial charge in [0.1, 0.15) is 40.7 Å². The van der Waals surface area contributed by atoms with Gasteiger partial charge in [0.05, 0.1) is 24.6 Å². The molecule has 318 valence electrons. The Kier molecular flexibility index (Phi) is 11.7. The van der Waals surface area contributed by atoms with E-state index in [1.54, 1.807) is 31.2 Å². The third kappa shape index (κ3) is 8.69. The zero-order valence-electron chi connectivity index (χ0n) is 33.4. The van der Waals surface area contributed by atoms with Crippen LogP contribution in [0.25, 0.3) is 10.9 Å². The van der Waals surface area contributed by atoms with Gasteiger partial charge in [-0.1, -0.05) is 32.4 Å². The highest BCUT2D eigenvalue weighted by molar-refractivity contribution is 7.91. The molecule has 7 atom stereocenters. The van der Waals surface area contributed by atoms with Crippen LogP contribution < -0.4 is 24.8 Å². The fourth-order valence-electron chi connectivity index (χ4n) is 7.68. The van der Waals surface area contributed by atoms with E-state index in [4.69, 9.17) is 14.2 Å². The summed E-state index contributed by atoms with van der Waals surface area (Å²) in [6.07, 6.45) is 0.419. The zero-order chi connectivity index (χ0) is 42.4.